The van der Waals surface area contributed by atoms with E-state index in [0.717, 1.165) is 19.6 Å². The van der Waals surface area contributed by atoms with Crippen LogP contribution in [-0.2, 0) is 16.1 Å². The van der Waals surface area contributed by atoms with Gasteiger partial charge in [0, 0.05) is 6.54 Å². The van der Waals surface area contributed by atoms with Crippen molar-refractivity contribution >= 4 is 5.97 Å². The number of aliphatic hydroxyl groups excluding tert-OH is 1. The van der Waals surface area contributed by atoms with Crippen LogP contribution in [0.4, 0.5) is 0 Å². The van der Waals surface area contributed by atoms with Gasteiger partial charge in [-0.2, -0.15) is 0 Å². The van der Waals surface area contributed by atoms with E-state index in [0.29, 0.717) is 5.56 Å². The zero-order chi connectivity index (χ0) is 14.4. The lowest BCUT2D eigenvalue weighted by Crippen LogP contribution is -2.29. The number of nitrogens with zero attached hydrogens (tertiary/aromatic N) is 1. The smallest absolute Gasteiger partial charge is 0.339 e. The molecule has 1 saturated heterocycles. The van der Waals surface area contributed by atoms with E-state index in [4.69, 9.17) is 4.74 Å². The lowest BCUT2D eigenvalue weighted by atomic mass is 10.1. The summed E-state index contributed by atoms with van der Waals surface area (Å²) in [6.45, 7) is 5.27. The van der Waals surface area contributed by atoms with Gasteiger partial charge in [0.25, 0.3) is 0 Å². The second kappa shape index (κ2) is 7.41. The number of hydrogen-bond acceptors (Lipinski definition) is 4. The maximum absolute atomic E-state index is 11.5. The molecular weight excluding hydrogens is 254 g/mol. The van der Waals surface area contributed by atoms with E-state index in [1.54, 1.807) is 19.1 Å². The maximum Gasteiger partial charge on any atom is 0.339 e. The lowest BCUT2D eigenvalue weighted by molar-refractivity contribution is -0.153. The molecule has 0 aromatic heterocycles. The summed E-state index contributed by atoms with van der Waals surface area (Å²) >= 11 is 0. The number of hydrogen-bond donors (Lipinski definition) is 1. The summed E-state index contributed by atoms with van der Waals surface area (Å²) in [7, 11) is 0. The lowest BCUT2D eigenvalue weighted by Gasteiger charge is -2.26. The second-order valence-corrected chi connectivity index (χ2v) is 5.23. The molecule has 0 amide bonds. The highest BCUT2D eigenvalue weighted by Gasteiger charge is 2.18. The van der Waals surface area contributed by atoms with Crippen LogP contribution in [0.2, 0.25) is 0 Å². The highest BCUT2D eigenvalue weighted by molar-refractivity contribution is 5.76. The largest absolute Gasteiger partial charge is 0.464 e. The number of rotatable bonds is 5. The fourth-order valence-electron chi connectivity index (χ4n) is 2.54. The molecule has 0 aliphatic carbocycles. The van der Waals surface area contributed by atoms with Crippen molar-refractivity contribution in [2.75, 3.05) is 19.7 Å². The molecule has 1 aliphatic rings. The van der Waals surface area contributed by atoms with Crippen molar-refractivity contribution in [3.05, 3.63) is 35.4 Å². The molecule has 0 saturated carbocycles. The van der Waals surface area contributed by atoms with Crippen LogP contribution in [0.25, 0.3) is 0 Å². The molecule has 1 fully saturated rings. The number of carbonyl (C=O) groups is 1. The summed E-state index contributed by atoms with van der Waals surface area (Å²) in [4.78, 5) is 13.9. The van der Waals surface area contributed by atoms with Gasteiger partial charge in [0.2, 0.25) is 0 Å². The highest BCUT2D eigenvalue weighted by Crippen LogP contribution is 2.17. The van der Waals surface area contributed by atoms with Gasteiger partial charge in [0.1, 0.15) is 0 Å². The van der Waals surface area contributed by atoms with Gasteiger partial charge < -0.3 is 9.84 Å². The fourth-order valence-corrected chi connectivity index (χ4v) is 2.54. The molecular formula is C16H23NO3. The average molecular weight is 277 g/mol. The first kappa shape index (κ1) is 15.0. The number of ether oxygens (including phenoxy) is 1. The van der Waals surface area contributed by atoms with E-state index in [1.165, 1.54) is 24.8 Å². The van der Waals surface area contributed by atoms with Gasteiger partial charge in [0.05, 0.1) is 6.61 Å². The van der Waals surface area contributed by atoms with E-state index in [9.17, 15) is 9.90 Å². The minimum absolute atomic E-state index is 0.281. The number of likely N-dealkylation sites (tertiary alicyclic amines) is 1. The number of esters is 1. The molecule has 2 rings (SSSR count). The van der Waals surface area contributed by atoms with Crippen molar-refractivity contribution in [1.82, 2.24) is 4.90 Å². The molecule has 1 N–H and O–H groups in total. The second-order valence-electron chi connectivity index (χ2n) is 5.23. The van der Waals surface area contributed by atoms with Crippen molar-refractivity contribution in [2.24, 2.45) is 0 Å². The fraction of sp³-hybridized carbons (Fsp3) is 0.562. The van der Waals surface area contributed by atoms with Crippen LogP contribution in [0.15, 0.2) is 24.3 Å². The van der Waals surface area contributed by atoms with E-state index in [-0.39, 0.29) is 6.61 Å². The Morgan fingerprint density at radius 2 is 1.90 bits per heavy atom. The third kappa shape index (κ3) is 4.05. The number of carbonyl (C=O) groups excluding carboxylic acids is 1. The average Bonchev–Trinajstić information content (AvgIpc) is 2.48. The molecule has 0 spiro atoms. The van der Waals surface area contributed by atoms with Crippen LogP contribution in [-0.4, -0.2) is 35.7 Å². The van der Waals surface area contributed by atoms with Gasteiger partial charge in [-0.15, -0.1) is 0 Å². The van der Waals surface area contributed by atoms with E-state index in [2.05, 4.69) is 4.90 Å². The standard InChI is InChI=1S/C16H23NO3/c1-2-20-16(19)15(18)14-8-6-13(7-9-14)12-17-10-4-3-5-11-17/h6-9,15,18H,2-5,10-12H2,1H3. The first-order valence-corrected chi connectivity index (χ1v) is 7.36. The van der Waals surface area contributed by atoms with Crippen LogP contribution in [0.3, 0.4) is 0 Å². The summed E-state index contributed by atoms with van der Waals surface area (Å²) in [5.41, 5.74) is 1.80. The van der Waals surface area contributed by atoms with E-state index in [1.807, 2.05) is 12.1 Å². The molecule has 0 radical (unpaired) electrons. The minimum Gasteiger partial charge on any atom is -0.464 e. The first-order valence-electron chi connectivity index (χ1n) is 7.36. The normalized spacial score (nSPS) is 17.7. The molecule has 1 heterocycles. The van der Waals surface area contributed by atoms with Gasteiger partial charge in [-0.3, -0.25) is 4.90 Å². The maximum atomic E-state index is 11.5. The summed E-state index contributed by atoms with van der Waals surface area (Å²) in [6.07, 6.45) is 2.71. The SMILES string of the molecule is CCOC(=O)C(O)c1ccc(CN2CCCCC2)cc1. The predicted octanol–water partition coefficient (Wildman–Crippen LogP) is 2.27. The summed E-state index contributed by atoms with van der Waals surface area (Å²) < 4.78 is 4.81. The zero-order valence-electron chi connectivity index (χ0n) is 12.0. The predicted molar refractivity (Wildman–Crippen MR) is 77.2 cm³/mol. The van der Waals surface area contributed by atoms with Crippen molar-refractivity contribution in [3.8, 4) is 0 Å². The van der Waals surface area contributed by atoms with Gasteiger partial charge in [-0.1, -0.05) is 30.7 Å². The molecule has 0 bridgehead atoms. The Balaban J connectivity index is 1.93. The van der Waals surface area contributed by atoms with Gasteiger partial charge in [0.15, 0.2) is 6.10 Å². The molecule has 20 heavy (non-hydrogen) atoms. The van der Waals surface area contributed by atoms with Gasteiger partial charge in [-0.05, 0) is 44.0 Å². The Morgan fingerprint density at radius 3 is 2.50 bits per heavy atom. The number of benzene rings is 1. The molecule has 1 aliphatic heterocycles. The Morgan fingerprint density at radius 1 is 1.25 bits per heavy atom. The Labute approximate surface area is 120 Å². The molecule has 1 aromatic rings. The Bertz CT molecular complexity index is 424. The van der Waals surface area contributed by atoms with Crippen molar-refractivity contribution < 1.29 is 14.6 Å². The third-order valence-electron chi connectivity index (χ3n) is 3.66. The molecule has 1 unspecified atom stereocenters. The summed E-state index contributed by atoms with van der Waals surface area (Å²) in [5.74, 6) is -0.587. The first-order chi connectivity index (χ1) is 9.70. The molecule has 4 nitrogen and oxygen atoms in total. The summed E-state index contributed by atoms with van der Waals surface area (Å²) in [6, 6.07) is 7.57. The van der Waals surface area contributed by atoms with Crippen LogP contribution < -0.4 is 0 Å². The minimum atomic E-state index is -1.18. The van der Waals surface area contributed by atoms with Gasteiger partial charge in [-0.25, -0.2) is 4.79 Å². The Hall–Kier alpha value is -1.39. The van der Waals surface area contributed by atoms with E-state index >= 15 is 0 Å². The number of piperidine rings is 1. The molecule has 110 valence electrons. The van der Waals surface area contributed by atoms with Crippen molar-refractivity contribution in [3.63, 3.8) is 0 Å². The topological polar surface area (TPSA) is 49.8 Å². The Kier molecular flexibility index (Phi) is 5.56. The monoisotopic (exact) mass is 277 g/mol. The van der Waals surface area contributed by atoms with E-state index < -0.39 is 12.1 Å². The van der Waals surface area contributed by atoms with Crippen LogP contribution in [0.1, 0.15) is 43.4 Å². The quantitative estimate of drug-likeness (QED) is 0.839. The zero-order valence-corrected chi connectivity index (χ0v) is 12.0. The van der Waals surface area contributed by atoms with Crippen LogP contribution >= 0.6 is 0 Å². The number of aliphatic hydroxyl groups is 1. The molecule has 4 heteroatoms. The van der Waals surface area contributed by atoms with Crippen LogP contribution in [0.5, 0.6) is 0 Å². The molecule has 1 atom stereocenters. The van der Waals surface area contributed by atoms with Crippen molar-refractivity contribution in [1.29, 1.82) is 0 Å². The van der Waals surface area contributed by atoms with Gasteiger partial charge >= 0.3 is 5.97 Å². The van der Waals surface area contributed by atoms with Crippen LogP contribution in [0, 0.1) is 0 Å². The van der Waals surface area contributed by atoms with Crippen molar-refractivity contribution in [2.45, 2.75) is 38.8 Å². The highest BCUT2D eigenvalue weighted by atomic mass is 16.5. The summed E-state index contributed by atoms with van der Waals surface area (Å²) in [5, 5.41) is 9.85. The molecule has 1 aromatic carbocycles. The third-order valence-corrected chi connectivity index (χ3v) is 3.66.